The first-order chi connectivity index (χ1) is 9.00. The second-order valence-electron chi connectivity index (χ2n) is 6.03. The van der Waals surface area contributed by atoms with Crippen molar-refractivity contribution in [2.75, 3.05) is 0 Å². The summed E-state index contributed by atoms with van der Waals surface area (Å²) in [7, 11) is -3.12. The minimum absolute atomic E-state index is 0.0552. The zero-order valence-electron chi connectivity index (χ0n) is 11.2. The summed E-state index contributed by atoms with van der Waals surface area (Å²) < 4.78 is 25.0. The third-order valence-corrected chi connectivity index (χ3v) is 6.94. The minimum atomic E-state index is -3.12. The van der Waals surface area contributed by atoms with E-state index < -0.39 is 9.84 Å². The lowest BCUT2D eigenvalue weighted by Gasteiger charge is -2.25. The van der Waals surface area contributed by atoms with Gasteiger partial charge in [0.1, 0.15) is 0 Å². The molecular weight excluding hydrogens is 258 g/mol. The van der Waals surface area contributed by atoms with Gasteiger partial charge < -0.3 is 5.73 Å². The summed E-state index contributed by atoms with van der Waals surface area (Å²) in [6.45, 7) is 1.90. The highest BCUT2D eigenvalue weighted by Gasteiger charge is 2.52. The fraction of sp³-hybridized carbons (Fsp3) is 0.600. The third kappa shape index (κ3) is 2.32. The predicted molar refractivity (Wildman–Crippen MR) is 75.5 cm³/mol. The second kappa shape index (κ2) is 4.60. The van der Waals surface area contributed by atoms with Crippen molar-refractivity contribution in [1.29, 1.82) is 0 Å². The molecule has 4 heteroatoms. The Bertz CT molecular complexity index is 558. The SMILES string of the molecule is C[C@@H](N)c1ccc(S(=O)(=O)C2CC2C2CCC2)cc1. The predicted octanol–water partition coefficient (Wildman–Crippen LogP) is 2.67. The van der Waals surface area contributed by atoms with Crippen LogP contribution in [0.25, 0.3) is 0 Å². The maximum absolute atomic E-state index is 12.5. The van der Waals surface area contributed by atoms with E-state index in [1.54, 1.807) is 12.1 Å². The molecule has 3 atom stereocenters. The quantitative estimate of drug-likeness (QED) is 0.921. The molecule has 1 aromatic rings. The number of sulfone groups is 1. The molecule has 2 saturated carbocycles. The smallest absolute Gasteiger partial charge is 0.181 e. The Balaban J connectivity index is 1.77. The van der Waals surface area contributed by atoms with Crippen molar-refractivity contribution < 1.29 is 8.42 Å². The Morgan fingerprint density at radius 1 is 1.21 bits per heavy atom. The van der Waals surface area contributed by atoms with Crippen LogP contribution in [0.1, 0.15) is 44.2 Å². The summed E-state index contributed by atoms with van der Waals surface area (Å²) in [6, 6.07) is 7.03. The molecule has 0 aliphatic heterocycles. The van der Waals surface area contributed by atoms with Crippen LogP contribution in [0.5, 0.6) is 0 Å². The van der Waals surface area contributed by atoms with Crippen molar-refractivity contribution in [3.05, 3.63) is 29.8 Å². The second-order valence-corrected chi connectivity index (χ2v) is 8.20. The largest absolute Gasteiger partial charge is 0.324 e. The Labute approximate surface area is 115 Å². The molecule has 0 bridgehead atoms. The van der Waals surface area contributed by atoms with Gasteiger partial charge in [0.05, 0.1) is 10.1 Å². The van der Waals surface area contributed by atoms with Crippen molar-refractivity contribution >= 4 is 9.84 Å². The number of hydrogen-bond donors (Lipinski definition) is 1. The Hall–Kier alpha value is -0.870. The van der Waals surface area contributed by atoms with Crippen molar-refractivity contribution in [2.24, 2.45) is 17.6 Å². The first-order valence-corrected chi connectivity index (χ1v) is 8.64. The number of rotatable bonds is 4. The summed E-state index contributed by atoms with van der Waals surface area (Å²) in [4.78, 5) is 0.462. The summed E-state index contributed by atoms with van der Waals surface area (Å²) >= 11 is 0. The van der Waals surface area contributed by atoms with E-state index in [0.29, 0.717) is 16.7 Å². The summed E-state index contributed by atoms with van der Waals surface area (Å²) in [5.41, 5.74) is 6.76. The zero-order chi connectivity index (χ0) is 13.6. The number of hydrogen-bond acceptors (Lipinski definition) is 3. The normalized spacial score (nSPS) is 28.7. The van der Waals surface area contributed by atoms with E-state index in [0.717, 1.165) is 12.0 Å². The lowest BCUT2D eigenvalue weighted by Crippen LogP contribution is -2.19. The molecule has 0 saturated heterocycles. The lowest BCUT2D eigenvalue weighted by molar-refractivity contribution is 0.278. The van der Waals surface area contributed by atoms with E-state index in [1.165, 1.54) is 19.3 Å². The van der Waals surface area contributed by atoms with E-state index in [1.807, 2.05) is 19.1 Å². The molecule has 2 unspecified atom stereocenters. The van der Waals surface area contributed by atoms with Crippen molar-refractivity contribution in [2.45, 2.75) is 48.8 Å². The van der Waals surface area contributed by atoms with Gasteiger partial charge in [0.2, 0.25) is 0 Å². The Morgan fingerprint density at radius 3 is 2.32 bits per heavy atom. The molecule has 0 radical (unpaired) electrons. The van der Waals surface area contributed by atoms with Gasteiger partial charge in [-0.2, -0.15) is 0 Å². The molecule has 2 aliphatic rings. The molecule has 2 fully saturated rings. The van der Waals surface area contributed by atoms with Gasteiger partial charge in [0.25, 0.3) is 0 Å². The third-order valence-electron chi connectivity index (χ3n) is 4.67. The number of nitrogens with two attached hydrogens (primary N) is 1. The monoisotopic (exact) mass is 279 g/mol. The van der Waals surface area contributed by atoms with Crippen molar-refractivity contribution in [3.8, 4) is 0 Å². The first kappa shape index (κ1) is 13.1. The van der Waals surface area contributed by atoms with E-state index in [-0.39, 0.29) is 11.3 Å². The average Bonchev–Trinajstić information content (AvgIpc) is 3.07. The van der Waals surface area contributed by atoms with Crippen LogP contribution in [0.3, 0.4) is 0 Å². The molecular formula is C15H21NO2S. The maximum Gasteiger partial charge on any atom is 0.181 e. The summed E-state index contributed by atoms with van der Waals surface area (Å²) in [6.07, 6.45) is 4.58. The lowest BCUT2D eigenvalue weighted by atomic mass is 9.82. The van der Waals surface area contributed by atoms with Crippen LogP contribution in [0, 0.1) is 11.8 Å². The molecule has 19 heavy (non-hydrogen) atoms. The topological polar surface area (TPSA) is 60.2 Å². The highest BCUT2D eigenvalue weighted by molar-refractivity contribution is 7.92. The van der Waals surface area contributed by atoms with Gasteiger partial charge >= 0.3 is 0 Å². The molecule has 0 amide bonds. The van der Waals surface area contributed by atoms with Gasteiger partial charge in [0, 0.05) is 6.04 Å². The zero-order valence-corrected chi connectivity index (χ0v) is 12.1. The van der Waals surface area contributed by atoms with Crippen LogP contribution in [0.2, 0.25) is 0 Å². The van der Waals surface area contributed by atoms with Crippen LogP contribution in [0.15, 0.2) is 29.2 Å². The molecule has 2 N–H and O–H groups in total. The van der Waals surface area contributed by atoms with Gasteiger partial charge in [0.15, 0.2) is 9.84 Å². The molecule has 1 aromatic carbocycles. The molecule has 104 valence electrons. The average molecular weight is 279 g/mol. The van der Waals surface area contributed by atoms with E-state index in [2.05, 4.69) is 0 Å². The van der Waals surface area contributed by atoms with Gasteiger partial charge in [-0.15, -0.1) is 0 Å². The molecule has 0 aromatic heterocycles. The highest BCUT2D eigenvalue weighted by atomic mass is 32.2. The molecule has 0 heterocycles. The van der Waals surface area contributed by atoms with Crippen LogP contribution in [0.4, 0.5) is 0 Å². The first-order valence-electron chi connectivity index (χ1n) is 7.09. The highest BCUT2D eigenvalue weighted by Crippen LogP contribution is 2.51. The fourth-order valence-electron chi connectivity index (χ4n) is 3.05. The molecule has 2 aliphatic carbocycles. The van der Waals surface area contributed by atoms with Gasteiger partial charge in [-0.05, 0) is 42.9 Å². The van der Waals surface area contributed by atoms with Crippen molar-refractivity contribution in [3.63, 3.8) is 0 Å². The summed E-state index contributed by atoms with van der Waals surface area (Å²) in [5, 5.41) is -0.126. The maximum atomic E-state index is 12.5. The van der Waals surface area contributed by atoms with Crippen molar-refractivity contribution in [1.82, 2.24) is 0 Å². The molecule has 0 spiro atoms. The minimum Gasteiger partial charge on any atom is -0.324 e. The summed E-state index contributed by atoms with van der Waals surface area (Å²) in [5.74, 6) is 1.09. The molecule has 3 rings (SSSR count). The Kier molecular flexibility index (Phi) is 3.18. The van der Waals surface area contributed by atoms with Crippen LogP contribution < -0.4 is 5.73 Å². The standard InChI is InChI=1S/C15H21NO2S/c1-10(16)11-5-7-13(8-6-11)19(17,18)15-9-14(15)12-3-2-4-12/h5-8,10,12,14-15H,2-4,9,16H2,1H3/t10-,14?,15?/m1/s1. The van der Waals surface area contributed by atoms with E-state index in [9.17, 15) is 8.42 Å². The molecule has 3 nitrogen and oxygen atoms in total. The van der Waals surface area contributed by atoms with Crippen LogP contribution in [-0.2, 0) is 9.84 Å². The van der Waals surface area contributed by atoms with E-state index >= 15 is 0 Å². The Morgan fingerprint density at radius 2 is 1.84 bits per heavy atom. The number of benzene rings is 1. The van der Waals surface area contributed by atoms with Gasteiger partial charge in [-0.25, -0.2) is 8.42 Å². The van der Waals surface area contributed by atoms with Gasteiger partial charge in [-0.3, -0.25) is 0 Å². The van der Waals surface area contributed by atoms with Gasteiger partial charge in [-0.1, -0.05) is 31.4 Å². The van der Waals surface area contributed by atoms with Crippen LogP contribution >= 0.6 is 0 Å². The fourth-order valence-corrected chi connectivity index (χ4v) is 5.07. The van der Waals surface area contributed by atoms with E-state index in [4.69, 9.17) is 5.73 Å². The van der Waals surface area contributed by atoms with Crippen LogP contribution in [-0.4, -0.2) is 13.7 Å².